The number of aromatic hydroxyl groups is 1. The SMILES string of the molecule is COc1cc(C2C3=CCC4C(=O)N(c5cccc([N+](=O)[O-])c5)C(=O)C4C3CC3C(=O)N(Nc4ncc(C(F)(F)F)cc4Cl)C(=O)C32c2ccc(Cl)cc2)cc(Cl)c1O. The van der Waals surface area contributed by atoms with Crippen LogP contribution in [0.5, 0.6) is 11.5 Å². The number of aromatic nitrogens is 1. The quantitative estimate of drug-likeness (QED) is 0.0807. The third-order valence-electron chi connectivity index (χ3n) is 11.5. The largest absolute Gasteiger partial charge is 0.503 e. The minimum Gasteiger partial charge on any atom is -0.503 e. The van der Waals surface area contributed by atoms with Crippen molar-refractivity contribution in [3.63, 3.8) is 0 Å². The number of phenols is 1. The average molecular weight is 857 g/mol. The highest BCUT2D eigenvalue weighted by atomic mass is 35.5. The van der Waals surface area contributed by atoms with Crippen LogP contribution in [-0.4, -0.2) is 50.8 Å². The Labute approximate surface area is 341 Å². The van der Waals surface area contributed by atoms with E-state index in [1.807, 2.05) is 0 Å². The van der Waals surface area contributed by atoms with Gasteiger partial charge in [-0.1, -0.05) is 64.7 Å². The van der Waals surface area contributed by atoms with Crippen LogP contribution in [0.1, 0.15) is 35.4 Å². The summed E-state index contributed by atoms with van der Waals surface area (Å²) >= 11 is 19.1. The first-order valence-corrected chi connectivity index (χ1v) is 18.6. The van der Waals surface area contributed by atoms with E-state index in [-0.39, 0.29) is 46.1 Å². The van der Waals surface area contributed by atoms with Crippen LogP contribution in [0.2, 0.25) is 15.1 Å². The van der Waals surface area contributed by atoms with E-state index < -0.39 is 91.9 Å². The van der Waals surface area contributed by atoms with Gasteiger partial charge in [0.1, 0.15) is 0 Å². The Balaban J connectivity index is 1.33. The Morgan fingerprint density at radius 3 is 2.34 bits per heavy atom. The number of pyridine rings is 1. The molecule has 58 heavy (non-hydrogen) atoms. The summed E-state index contributed by atoms with van der Waals surface area (Å²) in [6.07, 6.45) is -2.75. The van der Waals surface area contributed by atoms with Gasteiger partial charge in [-0.05, 0) is 66.3 Å². The smallest absolute Gasteiger partial charge is 0.417 e. The van der Waals surface area contributed by atoms with Crippen molar-refractivity contribution in [1.82, 2.24) is 9.99 Å². The van der Waals surface area contributed by atoms with Crippen LogP contribution in [0, 0.1) is 33.8 Å². The van der Waals surface area contributed by atoms with Crippen molar-refractivity contribution in [2.24, 2.45) is 23.7 Å². The summed E-state index contributed by atoms with van der Waals surface area (Å²) in [5.41, 5.74) is 0.173. The van der Waals surface area contributed by atoms with E-state index in [0.29, 0.717) is 27.9 Å². The lowest BCUT2D eigenvalue weighted by molar-refractivity contribution is -0.384. The molecule has 2 aliphatic heterocycles. The van der Waals surface area contributed by atoms with E-state index in [4.69, 9.17) is 39.5 Å². The molecule has 6 unspecified atom stereocenters. The fraction of sp³-hybridized carbons (Fsp3) is 0.256. The fourth-order valence-electron chi connectivity index (χ4n) is 9.07. The second-order valence-corrected chi connectivity index (χ2v) is 15.5. The summed E-state index contributed by atoms with van der Waals surface area (Å²) in [4.78, 5) is 74.5. The molecular formula is C39H27Cl3F3N5O8. The Hall–Kier alpha value is -5.71. The third-order valence-corrected chi connectivity index (χ3v) is 12.3. The number of nitro benzene ring substituents is 1. The second kappa shape index (κ2) is 14.0. The molecule has 4 aliphatic rings. The maximum Gasteiger partial charge on any atom is 0.417 e. The first kappa shape index (κ1) is 39.1. The van der Waals surface area contributed by atoms with Gasteiger partial charge in [0.2, 0.25) is 11.8 Å². The van der Waals surface area contributed by atoms with Crippen LogP contribution >= 0.6 is 34.8 Å². The minimum absolute atomic E-state index is 0.00248. The van der Waals surface area contributed by atoms with Gasteiger partial charge in [-0.2, -0.15) is 18.2 Å². The minimum atomic E-state index is -4.80. The summed E-state index contributed by atoms with van der Waals surface area (Å²) in [7, 11) is 1.28. The summed E-state index contributed by atoms with van der Waals surface area (Å²) in [5, 5.41) is 22.6. The number of benzene rings is 3. The molecule has 2 N–H and O–H groups in total. The summed E-state index contributed by atoms with van der Waals surface area (Å²) in [6.45, 7) is 0. The number of alkyl halides is 3. The lowest BCUT2D eigenvalue weighted by Crippen LogP contribution is -2.53. The van der Waals surface area contributed by atoms with Crippen LogP contribution < -0.4 is 15.1 Å². The van der Waals surface area contributed by atoms with Crippen molar-refractivity contribution in [1.29, 1.82) is 0 Å². The molecule has 0 bridgehead atoms. The van der Waals surface area contributed by atoms with Crippen LogP contribution in [0.15, 0.2) is 84.6 Å². The van der Waals surface area contributed by atoms with E-state index in [2.05, 4.69) is 10.4 Å². The zero-order chi connectivity index (χ0) is 41.6. The van der Waals surface area contributed by atoms with E-state index in [1.165, 1.54) is 49.6 Å². The zero-order valence-electron chi connectivity index (χ0n) is 29.7. The lowest BCUT2D eigenvalue weighted by Gasteiger charge is -2.50. The van der Waals surface area contributed by atoms with Gasteiger partial charge >= 0.3 is 6.18 Å². The van der Waals surface area contributed by atoms with Crippen LogP contribution in [0.25, 0.3) is 0 Å². The Morgan fingerprint density at radius 2 is 1.69 bits per heavy atom. The predicted molar refractivity (Wildman–Crippen MR) is 202 cm³/mol. The molecule has 13 nitrogen and oxygen atoms in total. The van der Waals surface area contributed by atoms with Crippen molar-refractivity contribution in [3.8, 4) is 11.5 Å². The Morgan fingerprint density at radius 1 is 0.966 bits per heavy atom. The van der Waals surface area contributed by atoms with E-state index in [0.717, 1.165) is 11.0 Å². The van der Waals surface area contributed by atoms with Gasteiger partial charge in [-0.15, -0.1) is 0 Å². The molecule has 3 heterocycles. The molecule has 0 radical (unpaired) electrons. The summed E-state index contributed by atoms with van der Waals surface area (Å²) in [6, 6.07) is 14.6. The lowest BCUT2D eigenvalue weighted by atomic mass is 9.49. The maximum atomic E-state index is 15.4. The fourth-order valence-corrected chi connectivity index (χ4v) is 9.63. The van der Waals surface area contributed by atoms with Gasteiger partial charge in [0.15, 0.2) is 17.3 Å². The van der Waals surface area contributed by atoms with Crippen LogP contribution in [0.4, 0.5) is 30.4 Å². The first-order valence-electron chi connectivity index (χ1n) is 17.5. The number of rotatable bonds is 7. The predicted octanol–water partition coefficient (Wildman–Crippen LogP) is 7.87. The molecule has 2 aliphatic carbocycles. The number of nitrogens with zero attached hydrogens (tertiary/aromatic N) is 4. The number of fused-ring (bicyclic) bond motifs is 4. The molecule has 4 amide bonds. The number of halogens is 6. The number of carbonyl (C=O) groups is 4. The van der Waals surface area contributed by atoms with Gasteiger partial charge in [0.25, 0.3) is 17.5 Å². The van der Waals surface area contributed by atoms with Crippen molar-refractivity contribution in [3.05, 3.63) is 126 Å². The molecule has 19 heteroatoms. The van der Waals surface area contributed by atoms with Crippen LogP contribution in [0.3, 0.4) is 0 Å². The molecule has 1 aromatic heterocycles. The molecule has 1 saturated carbocycles. The monoisotopic (exact) mass is 855 g/mol. The number of methoxy groups -OCH3 is 1. The van der Waals surface area contributed by atoms with Gasteiger partial charge in [0.05, 0.1) is 56.5 Å². The van der Waals surface area contributed by atoms with Gasteiger partial charge in [0, 0.05) is 29.3 Å². The first-order chi connectivity index (χ1) is 27.5. The van der Waals surface area contributed by atoms with Crippen molar-refractivity contribution < 1.29 is 47.1 Å². The highest BCUT2D eigenvalue weighted by Crippen LogP contribution is 2.65. The molecule has 0 spiro atoms. The third kappa shape index (κ3) is 5.87. The number of non-ortho nitro benzene ring substituents is 1. The van der Waals surface area contributed by atoms with Crippen molar-refractivity contribution in [2.45, 2.75) is 30.4 Å². The number of amides is 4. The van der Waals surface area contributed by atoms with Gasteiger partial charge in [-0.25, -0.2) is 9.88 Å². The van der Waals surface area contributed by atoms with Crippen LogP contribution in [-0.2, 0) is 30.8 Å². The average Bonchev–Trinajstić information content (AvgIpc) is 3.57. The molecule has 2 saturated heterocycles. The highest BCUT2D eigenvalue weighted by molar-refractivity contribution is 6.33. The summed E-state index contributed by atoms with van der Waals surface area (Å²) in [5.74, 6) is -9.37. The number of hydrogen-bond acceptors (Lipinski definition) is 10. The maximum absolute atomic E-state index is 15.4. The Bertz CT molecular complexity index is 2500. The number of hydrogen-bond donors (Lipinski definition) is 2. The molecule has 3 fully saturated rings. The number of phenolic OH excluding ortho intramolecular Hbond substituents is 1. The van der Waals surface area contributed by atoms with Gasteiger partial charge < -0.3 is 9.84 Å². The number of allylic oxidation sites excluding steroid dienone is 2. The Kier molecular flexibility index (Phi) is 9.44. The topological polar surface area (TPSA) is 172 Å². The van der Waals surface area contributed by atoms with E-state index >= 15 is 4.79 Å². The number of nitrogens with one attached hydrogen (secondary N) is 1. The van der Waals surface area contributed by atoms with E-state index in [1.54, 1.807) is 18.2 Å². The molecule has 8 rings (SSSR count). The molecule has 4 aromatic rings. The van der Waals surface area contributed by atoms with Crippen molar-refractivity contribution >= 4 is 75.6 Å². The van der Waals surface area contributed by atoms with Crippen molar-refractivity contribution in [2.75, 3.05) is 17.4 Å². The number of anilines is 2. The van der Waals surface area contributed by atoms with E-state index in [9.17, 15) is 42.8 Å². The molecule has 298 valence electrons. The molecule has 3 aromatic carbocycles. The number of hydrazine groups is 1. The number of carbonyl (C=O) groups excluding carboxylic acids is 4. The zero-order valence-corrected chi connectivity index (χ0v) is 31.9. The molecular weight excluding hydrogens is 830 g/mol. The summed E-state index contributed by atoms with van der Waals surface area (Å²) < 4.78 is 46.0. The number of ether oxygens (including phenoxy) is 1. The molecule has 6 atom stereocenters. The number of nitro groups is 1. The number of imide groups is 2. The van der Waals surface area contributed by atoms with Gasteiger partial charge in [-0.3, -0.25) is 34.7 Å². The standard InChI is InChI=1S/C39H27Cl3F3N5O8/c1-58-29-12-17(11-27(41)32(29)51)31-23-9-10-24-30(36(54)48(34(24)52)21-3-2-4-22(14-21)50(56)57)25(23)15-26-35(53)49(37(55)38(26,31)18-5-7-20(40)8-6-18)47-33-28(42)13-19(16-46-33)39(43,44)45/h2-9,11-14,16,24-26,30-31,51H,10,15H2,1H3,(H,46,47). The highest BCUT2D eigenvalue weighted by Gasteiger charge is 2.70. The normalized spacial score (nSPS) is 25.3. The second-order valence-electron chi connectivity index (χ2n) is 14.3.